The molecule has 0 saturated carbocycles. The van der Waals surface area contributed by atoms with E-state index < -0.39 is 17.7 Å². The summed E-state index contributed by atoms with van der Waals surface area (Å²) < 4.78 is 6.20. The highest BCUT2D eigenvalue weighted by Gasteiger charge is 2.45. The van der Waals surface area contributed by atoms with Crippen LogP contribution in [0.1, 0.15) is 36.6 Å². The lowest BCUT2D eigenvalue weighted by atomic mass is 9.95. The predicted molar refractivity (Wildman–Crippen MR) is 129 cm³/mol. The molecule has 32 heavy (non-hydrogen) atoms. The Morgan fingerprint density at radius 3 is 2.34 bits per heavy atom. The number of likely N-dealkylation sites (N-methyl/N-ethyl adjacent to an activating group) is 1. The van der Waals surface area contributed by atoms with Gasteiger partial charge in [-0.2, -0.15) is 0 Å². The second-order valence-electron chi connectivity index (χ2n) is 7.76. The fourth-order valence-corrected chi connectivity index (χ4v) is 4.34. The molecule has 1 heterocycles. The minimum atomic E-state index is -0.663. The van der Waals surface area contributed by atoms with Crippen LogP contribution in [0.15, 0.2) is 52.5 Å². The predicted octanol–water partition coefficient (Wildman–Crippen LogP) is 4.53. The van der Waals surface area contributed by atoms with E-state index in [9.17, 15) is 14.7 Å². The quantitative estimate of drug-likeness (QED) is 0.327. The second-order valence-corrected chi connectivity index (χ2v) is 8.67. The van der Waals surface area contributed by atoms with Crippen molar-refractivity contribution in [1.29, 1.82) is 0 Å². The third kappa shape index (κ3) is 4.74. The van der Waals surface area contributed by atoms with E-state index in [1.807, 2.05) is 31.2 Å². The van der Waals surface area contributed by atoms with Gasteiger partial charge < -0.3 is 19.6 Å². The lowest BCUT2D eigenvalue weighted by Gasteiger charge is -2.28. The maximum absolute atomic E-state index is 13.1. The van der Waals surface area contributed by atoms with Crippen molar-refractivity contribution in [3.05, 3.63) is 69.2 Å². The first kappa shape index (κ1) is 24.0. The average Bonchev–Trinajstić information content (AvgIpc) is 3.04. The van der Waals surface area contributed by atoms with Crippen LogP contribution in [-0.4, -0.2) is 59.9 Å². The van der Waals surface area contributed by atoms with Crippen LogP contribution in [0.25, 0.3) is 5.76 Å². The molecule has 1 unspecified atom stereocenters. The number of methoxy groups -OCH3 is 1. The molecule has 0 radical (unpaired) electrons. The van der Waals surface area contributed by atoms with E-state index in [-0.39, 0.29) is 11.3 Å². The molecule has 0 bridgehead atoms. The van der Waals surface area contributed by atoms with Crippen molar-refractivity contribution in [3.8, 4) is 5.75 Å². The van der Waals surface area contributed by atoms with Crippen LogP contribution in [-0.2, 0) is 9.59 Å². The van der Waals surface area contributed by atoms with Crippen LogP contribution in [0.5, 0.6) is 5.75 Å². The number of likely N-dealkylation sites (tertiary alicyclic amines) is 1. The number of carbonyl (C=O) groups excluding carboxylic acids is 2. The Morgan fingerprint density at radius 1 is 1.12 bits per heavy atom. The van der Waals surface area contributed by atoms with Crippen molar-refractivity contribution < 1.29 is 19.4 Å². The van der Waals surface area contributed by atoms with Crippen molar-refractivity contribution in [3.63, 3.8) is 0 Å². The van der Waals surface area contributed by atoms with Gasteiger partial charge in [-0.15, -0.1) is 0 Å². The number of rotatable bonds is 8. The number of hydrogen-bond donors (Lipinski definition) is 1. The molecule has 1 aliphatic heterocycles. The second kappa shape index (κ2) is 10.3. The SMILES string of the molecule is CCN(CC)CCN1C(=O)C(=O)/C(=C(/O)c2ccc(OC)c(C)c2)C1c1ccc(Br)cc1. The molecule has 2 aromatic rings. The van der Waals surface area contributed by atoms with Gasteiger partial charge in [0, 0.05) is 23.1 Å². The lowest BCUT2D eigenvalue weighted by Crippen LogP contribution is -2.38. The van der Waals surface area contributed by atoms with Gasteiger partial charge in [0.05, 0.1) is 18.7 Å². The average molecular weight is 501 g/mol. The summed E-state index contributed by atoms with van der Waals surface area (Å²) in [5.74, 6) is -0.738. The van der Waals surface area contributed by atoms with E-state index in [1.54, 1.807) is 30.2 Å². The van der Waals surface area contributed by atoms with Crippen LogP contribution in [0, 0.1) is 6.92 Å². The van der Waals surface area contributed by atoms with Gasteiger partial charge in [-0.1, -0.05) is 41.9 Å². The van der Waals surface area contributed by atoms with E-state index in [0.717, 1.165) is 28.7 Å². The Labute approximate surface area is 197 Å². The summed E-state index contributed by atoms with van der Waals surface area (Å²) in [4.78, 5) is 29.9. The molecule has 2 aromatic carbocycles. The molecule has 1 atom stereocenters. The number of nitrogens with zero attached hydrogens (tertiary/aromatic N) is 2. The molecule has 7 heteroatoms. The molecule has 0 aliphatic carbocycles. The first-order valence-corrected chi connectivity index (χ1v) is 11.5. The number of ketones is 1. The molecule has 1 fully saturated rings. The van der Waals surface area contributed by atoms with Gasteiger partial charge in [-0.05, 0) is 61.5 Å². The van der Waals surface area contributed by atoms with Crippen molar-refractivity contribution in [2.45, 2.75) is 26.8 Å². The minimum Gasteiger partial charge on any atom is -0.507 e. The number of halogens is 1. The fourth-order valence-electron chi connectivity index (χ4n) is 4.07. The van der Waals surface area contributed by atoms with Crippen LogP contribution in [0.3, 0.4) is 0 Å². The Morgan fingerprint density at radius 2 is 1.78 bits per heavy atom. The zero-order valence-electron chi connectivity index (χ0n) is 18.9. The third-order valence-electron chi connectivity index (χ3n) is 5.95. The van der Waals surface area contributed by atoms with E-state index in [4.69, 9.17) is 4.74 Å². The van der Waals surface area contributed by atoms with Gasteiger partial charge in [0.1, 0.15) is 11.5 Å². The Balaban J connectivity index is 2.10. The molecule has 1 N–H and O–H groups in total. The number of aryl methyl sites for hydroxylation is 1. The Kier molecular flexibility index (Phi) is 7.74. The number of benzene rings is 2. The standard InChI is InChI=1S/C25H29BrN2O4/c1-5-27(6-2)13-14-28-22(17-7-10-19(26)11-8-17)21(24(30)25(28)31)23(29)18-9-12-20(32-4)16(3)15-18/h7-12,15,22,29H,5-6,13-14H2,1-4H3/b23-21+. The summed E-state index contributed by atoms with van der Waals surface area (Å²) in [7, 11) is 1.58. The topological polar surface area (TPSA) is 70.1 Å². The first-order chi connectivity index (χ1) is 15.3. The highest BCUT2D eigenvalue weighted by molar-refractivity contribution is 9.10. The molecule has 0 spiro atoms. The number of carbonyl (C=O) groups is 2. The van der Waals surface area contributed by atoms with Gasteiger partial charge >= 0.3 is 0 Å². The highest BCUT2D eigenvalue weighted by Crippen LogP contribution is 2.40. The zero-order valence-corrected chi connectivity index (χ0v) is 20.5. The Bertz CT molecular complexity index is 1030. The van der Waals surface area contributed by atoms with Crippen LogP contribution in [0.2, 0.25) is 0 Å². The van der Waals surface area contributed by atoms with Crippen molar-refractivity contribution in [2.75, 3.05) is 33.3 Å². The highest BCUT2D eigenvalue weighted by atomic mass is 79.9. The molecule has 0 aromatic heterocycles. The number of hydrogen-bond acceptors (Lipinski definition) is 5. The van der Waals surface area contributed by atoms with Gasteiger partial charge in [-0.25, -0.2) is 0 Å². The number of aliphatic hydroxyl groups is 1. The van der Waals surface area contributed by atoms with Gasteiger partial charge in [0.15, 0.2) is 0 Å². The third-order valence-corrected chi connectivity index (χ3v) is 6.47. The Hall–Kier alpha value is -2.64. The summed E-state index contributed by atoms with van der Waals surface area (Å²) in [6.07, 6.45) is 0. The zero-order chi connectivity index (χ0) is 23.4. The summed E-state index contributed by atoms with van der Waals surface area (Å²) in [6.45, 7) is 8.75. The minimum absolute atomic E-state index is 0.112. The molecule has 1 aliphatic rings. The maximum atomic E-state index is 13.1. The molecule has 3 rings (SSSR count). The van der Waals surface area contributed by atoms with Crippen LogP contribution >= 0.6 is 15.9 Å². The maximum Gasteiger partial charge on any atom is 0.295 e. The van der Waals surface area contributed by atoms with E-state index in [2.05, 4.69) is 34.7 Å². The number of Topliss-reactive ketones (excluding diaryl/α,β-unsaturated/α-hetero) is 1. The fraction of sp³-hybridized carbons (Fsp3) is 0.360. The number of ether oxygens (including phenoxy) is 1. The first-order valence-electron chi connectivity index (χ1n) is 10.7. The van der Waals surface area contributed by atoms with Gasteiger partial charge in [0.25, 0.3) is 11.7 Å². The van der Waals surface area contributed by atoms with Gasteiger partial charge in [0.2, 0.25) is 0 Å². The molecular formula is C25H29BrN2O4. The van der Waals surface area contributed by atoms with E-state index >= 15 is 0 Å². The normalized spacial score (nSPS) is 17.9. The summed E-state index contributed by atoms with van der Waals surface area (Å²) in [5.41, 5.74) is 2.19. The lowest BCUT2D eigenvalue weighted by molar-refractivity contribution is -0.140. The summed E-state index contributed by atoms with van der Waals surface area (Å²) >= 11 is 3.44. The van der Waals surface area contributed by atoms with Crippen molar-refractivity contribution in [2.24, 2.45) is 0 Å². The molecule has 6 nitrogen and oxygen atoms in total. The molecule has 1 amide bonds. The van der Waals surface area contributed by atoms with E-state index in [1.165, 1.54) is 0 Å². The van der Waals surface area contributed by atoms with Crippen molar-refractivity contribution >= 4 is 33.4 Å². The van der Waals surface area contributed by atoms with Crippen molar-refractivity contribution in [1.82, 2.24) is 9.80 Å². The summed E-state index contributed by atoms with van der Waals surface area (Å²) in [5, 5.41) is 11.2. The van der Waals surface area contributed by atoms with E-state index in [0.29, 0.717) is 24.4 Å². The molecule has 1 saturated heterocycles. The molecule has 170 valence electrons. The van der Waals surface area contributed by atoms with Gasteiger partial charge in [-0.3, -0.25) is 9.59 Å². The number of amides is 1. The largest absolute Gasteiger partial charge is 0.507 e. The van der Waals surface area contributed by atoms with Crippen LogP contribution in [0.4, 0.5) is 0 Å². The summed E-state index contributed by atoms with van der Waals surface area (Å²) in [6, 6.07) is 12.0. The molecular weight excluding hydrogens is 472 g/mol. The number of aliphatic hydroxyl groups excluding tert-OH is 1. The smallest absolute Gasteiger partial charge is 0.295 e. The van der Waals surface area contributed by atoms with Crippen LogP contribution < -0.4 is 4.74 Å². The monoisotopic (exact) mass is 500 g/mol.